The van der Waals surface area contributed by atoms with E-state index < -0.39 is 5.97 Å². The van der Waals surface area contributed by atoms with Gasteiger partial charge < -0.3 is 4.74 Å². The molecule has 1 rings (SSSR count). The van der Waals surface area contributed by atoms with Crippen molar-refractivity contribution < 1.29 is 9.53 Å². The molecule has 0 unspecified atom stereocenters. The number of nitrogens with zero attached hydrogens (tertiary/aromatic N) is 1. The zero-order chi connectivity index (χ0) is 13.2. The number of carbonyl (C=O) groups excluding carboxylic acids is 1. The smallest absolute Gasteiger partial charge is 0.311 e. The first-order valence-corrected chi connectivity index (χ1v) is 5.91. The number of benzene rings is 1. The normalized spacial score (nSPS) is 9.88. The van der Waals surface area contributed by atoms with Crippen molar-refractivity contribution in [3.05, 3.63) is 25.7 Å². The molecule has 0 saturated heterocycles. The molecule has 0 aliphatic rings. The van der Waals surface area contributed by atoms with Gasteiger partial charge in [-0.25, -0.2) is 0 Å². The van der Waals surface area contributed by atoms with Crippen molar-refractivity contribution in [3.63, 3.8) is 0 Å². The molecule has 0 aromatic heterocycles. The molecule has 0 N–H and O–H groups in total. The van der Waals surface area contributed by atoms with E-state index in [4.69, 9.17) is 56.4 Å². The lowest BCUT2D eigenvalue weighted by atomic mass is 10.2. The van der Waals surface area contributed by atoms with Gasteiger partial charge in [0.1, 0.15) is 16.1 Å². The zero-order valence-corrected chi connectivity index (χ0v) is 11.5. The Morgan fingerprint density at radius 3 is 2.00 bits per heavy atom. The molecular weight excluding hydrogens is 308 g/mol. The van der Waals surface area contributed by atoms with Crippen LogP contribution < -0.4 is 4.74 Å². The molecular formula is C10H5Cl4NO2. The lowest BCUT2D eigenvalue weighted by Gasteiger charge is -2.11. The molecule has 0 saturated carbocycles. The number of halogens is 4. The summed E-state index contributed by atoms with van der Waals surface area (Å²) in [6, 6.07) is 1.77. The van der Waals surface area contributed by atoms with Gasteiger partial charge in [0.15, 0.2) is 5.75 Å². The highest BCUT2D eigenvalue weighted by atomic mass is 35.5. The summed E-state index contributed by atoms with van der Waals surface area (Å²) < 4.78 is 4.91. The summed E-state index contributed by atoms with van der Waals surface area (Å²) >= 11 is 23.3. The van der Waals surface area contributed by atoms with Crippen molar-refractivity contribution in [1.29, 1.82) is 5.26 Å². The average Bonchev–Trinajstić information content (AvgIpc) is 2.32. The van der Waals surface area contributed by atoms with Gasteiger partial charge >= 0.3 is 5.97 Å². The van der Waals surface area contributed by atoms with E-state index in [2.05, 4.69) is 0 Å². The van der Waals surface area contributed by atoms with Gasteiger partial charge in [-0.2, -0.15) is 5.26 Å². The van der Waals surface area contributed by atoms with Crippen LogP contribution in [0.25, 0.3) is 0 Å². The van der Waals surface area contributed by atoms with Crippen molar-refractivity contribution in [2.24, 2.45) is 0 Å². The third-order valence-electron chi connectivity index (χ3n) is 1.84. The van der Waals surface area contributed by atoms with E-state index >= 15 is 0 Å². The molecule has 0 spiro atoms. The summed E-state index contributed by atoms with van der Waals surface area (Å²) in [5.41, 5.74) is -0.0559. The maximum absolute atomic E-state index is 11.2. The first kappa shape index (κ1) is 14.4. The van der Waals surface area contributed by atoms with Crippen LogP contribution in [0.1, 0.15) is 18.9 Å². The highest BCUT2D eigenvalue weighted by Gasteiger charge is 2.22. The van der Waals surface area contributed by atoms with Gasteiger partial charge in [0.05, 0.1) is 15.6 Å². The predicted octanol–water partition coefficient (Wildman–Crippen LogP) is 4.49. The van der Waals surface area contributed by atoms with E-state index in [1.807, 2.05) is 0 Å². The van der Waals surface area contributed by atoms with Crippen LogP contribution >= 0.6 is 46.4 Å². The van der Waals surface area contributed by atoms with Gasteiger partial charge in [-0.15, -0.1) is 0 Å². The fraction of sp³-hybridized carbons (Fsp3) is 0.200. The molecule has 3 nitrogen and oxygen atoms in total. The highest BCUT2D eigenvalue weighted by Crippen LogP contribution is 2.45. The molecule has 0 heterocycles. The Kier molecular flexibility index (Phi) is 4.91. The molecule has 1 aromatic rings. The summed E-state index contributed by atoms with van der Waals surface area (Å²) in [5, 5.41) is 8.41. The maximum atomic E-state index is 11.2. The average molecular weight is 313 g/mol. The van der Waals surface area contributed by atoms with E-state index in [0.717, 1.165) is 0 Å². The Hall–Kier alpha value is -0.660. The van der Waals surface area contributed by atoms with Crippen LogP contribution in [0.15, 0.2) is 0 Å². The van der Waals surface area contributed by atoms with Crippen LogP contribution in [0.3, 0.4) is 0 Å². The molecule has 0 amide bonds. The van der Waals surface area contributed by atoms with E-state index in [9.17, 15) is 4.79 Å². The van der Waals surface area contributed by atoms with Crippen molar-refractivity contribution in [1.82, 2.24) is 0 Å². The molecule has 7 heteroatoms. The quantitative estimate of drug-likeness (QED) is 0.459. The number of hydrogen-bond acceptors (Lipinski definition) is 3. The molecule has 0 fully saturated rings. The van der Waals surface area contributed by atoms with Crippen molar-refractivity contribution in [2.45, 2.75) is 13.3 Å². The molecule has 0 radical (unpaired) electrons. The number of nitriles is 1. The molecule has 0 aliphatic heterocycles. The lowest BCUT2D eigenvalue weighted by Crippen LogP contribution is -2.07. The second-order valence-corrected chi connectivity index (χ2v) is 4.41. The summed E-state index contributed by atoms with van der Waals surface area (Å²) in [4.78, 5) is 11.2. The number of carbonyl (C=O) groups is 1. The Morgan fingerprint density at radius 1 is 1.18 bits per heavy atom. The number of hydrogen-bond donors (Lipinski definition) is 0. The van der Waals surface area contributed by atoms with Crippen LogP contribution in [0.5, 0.6) is 5.75 Å². The van der Waals surface area contributed by atoms with Crippen LogP contribution in [-0.4, -0.2) is 5.97 Å². The first-order chi connectivity index (χ1) is 7.93. The van der Waals surface area contributed by atoms with Crippen molar-refractivity contribution >= 4 is 52.4 Å². The number of rotatable bonds is 2. The Labute approximate surface area is 118 Å². The molecule has 17 heavy (non-hydrogen) atoms. The Balaban J connectivity index is 3.44. The summed E-state index contributed by atoms with van der Waals surface area (Å²) in [6.07, 6.45) is 0.141. The van der Waals surface area contributed by atoms with E-state index in [1.54, 1.807) is 13.0 Å². The third-order valence-corrected chi connectivity index (χ3v) is 3.51. The SMILES string of the molecule is CCC(=O)Oc1c(Cl)c(Cl)c(C#N)c(Cl)c1Cl. The minimum atomic E-state index is -0.536. The van der Waals surface area contributed by atoms with Crippen LogP contribution in [0, 0.1) is 11.3 Å². The molecule has 0 bridgehead atoms. The van der Waals surface area contributed by atoms with Crippen molar-refractivity contribution in [3.8, 4) is 11.8 Å². The second kappa shape index (κ2) is 5.79. The standard InChI is InChI=1S/C10H5Cl4NO2/c1-2-5(16)17-10-8(13)6(11)4(3-15)7(12)9(10)14/h2H2,1H3. The van der Waals surface area contributed by atoms with Crippen LogP contribution in [0.4, 0.5) is 0 Å². The monoisotopic (exact) mass is 311 g/mol. The Morgan fingerprint density at radius 2 is 1.65 bits per heavy atom. The second-order valence-electron chi connectivity index (χ2n) is 2.90. The minimum absolute atomic E-state index is 0.0559. The van der Waals surface area contributed by atoms with Gasteiger partial charge in [0.2, 0.25) is 0 Å². The van der Waals surface area contributed by atoms with Crippen molar-refractivity contribution in [2.75, 3.05) is 0 Å². The van der Waals surface area contributed by atoms with Gasteiger partial charge in [0, 0.05) is 6.42 Å². The molecule has 1 aromatic carbocycles. The van der Waals surface area contributed by atoms with Gasteiger partial charge in [-0.3, -0.25) is 4.79 Å². The number of ether oxygens (including phenoxy) is 1. The minimum Gasteiger partial charge on any atom is -0.423 e. The van der Waals surface area contributed by atoms with E-state index in [0.29, 0.717) is 0 Å². The fourth-order valence-electron chi connectivity index (χ4n) is 0.985. The lowest BCUT2D eigenvalue weighted by molar-refractivity contribution is -0.134. The van der Waals surface area contributed by atoms with E-state index in [1.165, 1.54) is 0 Å². The van der Waals surface area contributed by atoms with Gasteiger partial charge in [-0.05, 0) is 0 Å². The zero-order valence-electron chi connectivity index (χ0n) is 8.48. The third kappa shape index (κ3) is 2.78. The molecule has 0 aliphatic carbocycles. The highest BCUT2D eigenvalue weighted by molar-refractivity contribution is 6.50. The van der Waals surface area contributed by atoms with E-state index in [-0.39, 0.29) is 37.8 Å². The van der Waals surface area contributed by atoms with Gasteiger partial charge in [0.25, 0.3) is 0 Å². The fourth-order valence-corrected chi connectivity index (χ4v) is 1.98. The summed E-state index contributed by atoms with van der Waals surface area (Å²) in [7, 11) is 0. The van der Waals surface area contributed by atoms with Gasteiger partial charge in [-0.1, -0.05) is 53.3 Å². The Bertz CT molecular complexity index is 493. The topological polar surface area (TPSA) is 50.1 Å². The molecule has 90 valence electrons. The summed E-state index contributed by atoms with van der Waals surface area (Å²) in [5.74, 6) is -0.667. The maximum Gasteiger partial charge on any atom is 0.311 e. The number of esters is 1. The summed E-state index contributed by atoms with van der Waals surface area (Å²) in [6.45, 7) is 1.61. The molecule has 0 atom stereocenters. The first-order valence-electron chi connectivity index (χ1n) is 4.40. The predicted molar refractivity (Wildman–Crippen MR) is 67.1 cm³/mol. The van der Waals surface area contributed by atoms with Crippen LogP contribution in [0.2, 0.25) is 20.1 Å². The largest absolute Gasteiger partial charge is 0.423 e. The van der Waals surface area contributed by atoms with Crippen LogP contribution in [-0.2, 0) is 4.79 Å².